The molecule has 0 spiro atoms. The lowest BCUT2D eigenvalue weighted by atomic mass is 10.2. The Bertz CT molecular complexity index is 200. The molecule has 0 aromatic carbocycles. The Labute approximate surface area is 75.6 Å². The average molecular weight is 187 g/mol. The number of aliphatic hydroxyl groups excluding tert-OH is 1. The molecule has 0 aliphatic rings. The molecular formula is C7H13N3OS. The van der Waals surface area contributed by atoms with Crippen LogP contribution in [0.5, 0.6) is 0 Å². The Hall–Kier alpha value is -0.680. The smallest absolute Gasteiger partial charge is 0.205 e. The van der Waals surface area contributed by atoms with Gasteiger partial charge in [0.25, 0.3) is 0 Å². The van der Waals surface area contributed by atoms with Gasteiger partial charge in [0, 0.05) is 6.54 Å². The monoisotopic (exact) mass is 187 g/mol. The standard InChI is InChI=1S/C7H13N3OS/c1-6(11)3-2-4-8-7-10-9-5-12-7/h5-6,11H,2-4H2,1H3,(H,8,10). The minimum absolute atomic E-state index is 0.207. The van der Waals surface area contributed by atoms with E-state index in [1.165, 1.54) is 11.3 Å². The lowest BCUT2D eigenvalue weighted by Gasteiger charge is -2.03. The van der Waals surface area contributed by atoms with Crippen LogP contribution in [0.2, 0.25) is 0 Å². The molecule has 68 valence electrons. The summed E-state index contributed by atoms with van der Waals surface area (Å²) in [4.78, 5) is 0. The second kappa shape index (κ2) is 5.05. The van der Waals surface area contributed by atoms with E-state index in [1.807, 2.05) is 0 Å². The quantitative estimate of drug-likeness (QED) is 0.678. The van der Waals surface area contributed by atoms with Crippen molar-refractivity contribution in [2.45, 2.75) is 25.9 Å². The number of rotatable bonds is 5. The molecule has 1 aromatic heterocycles. The van der Waals surface area contributed by atoms with Crippen molar-refractivity contribution in [1.29, 1.82) is 0 Å². The molecule has 0 aliphatic heterocycles. The molecular weight excluding hydrogens is 174 g/mol. The van der Waals surface area contributed by atoms with Gasteiger partial charge in [-0.25, -0.2) is 0 Å². The van der Waals surface area contributed by atoms with Crippen molar-refractivity contribution >= 4 is 16.5 Å². The van der Waals surface area contributed by atoms with E-state index in [4.69, 9.17) is 5.11 Å². The van der Waals surface area contributed by atoms with Gasteiger partial charge in [-0.15, -0.1) is 10.2 Å². The molecule has 0 amide bonds. The maximum Gasteiger partial charge on any atom is 0.205 e. The van der Waals surface area contributed by atoms with Crippen LogP contribution in [0.25, 0.3) is 0 Å². The van der Waals surface area contributed by atoms with E-state index in [-0.39, 0.29) is 6.10 Å². The number of anilines is 1. The average Bonchev–Trinajstić information content (AvgIpc) is 2.49. The van der Waals surface area contributed by atoms with Gasteiger partial charge in [-0.2, -0.15) is 0 Å². The van der Waals surface area contributed by atoms with E-state index < -0.39 is 0 Å². The Kier molecular flexibility index (Phi) is 3.96. The van der Waals surface area contributed by atoms with Crippen LogP contribution in [0.15, 0.2) is 5.51 Å². The normalized spacial score (nSPS) is 12.8. The highest BCUT2D eigenvalue weighted by molar-refractivity contribution is 7.13. The fourth-order valence-corrected chi connectivity index (χ4v) is 1.32. The Morgan fingerprint density at radius 1 is 1.75 bits per heavy atom. The summed E-state index contributed by atoms with van der Waals surface area (Å²) in [7, 11) is 0. The van der Waals surface area contributed by atoms with Crippen molar-refractivity contribution in [3.05, 3.63) is 5.51 Å². The topological polar surface area (TPSA) is 58.0 Å². The molecule has 1 rings (SSSR count). The second-order valence-corrected chi connectivity index (χ2v) is 3.50. The highest BCUT2D eigenvalue weighted by Gasteiger charge is 1.96. The van der Waals surface area contributed by atoms with Crippen molar-refractivity contribution in [2.24, 2.45) is 0 Å². The van der Waals surface area contributed by atoms with Gasteiger partial charge in [-0.1, -0.05) is 11.3 Å². The number of hydrogen-bond acceptors (Lipinski definition) is 5. The molecule has 5 heteroatoms. The molecule has 0 fully saturated rings. The third-order valence-electron chi connectivity index (χ3n) is 1.43. The van der Waals surface area contributed by atoms with E-state index >= 15 is 0 Å². The summed E-state index contributed by atoms with van der Waals surface area (Å²) in [6.45, 7) is 2.64. The maximum atomic E-state index is 8.96. The molecule has 2 N–H and O–H groups in total. The van der Waals surface area contributed by atoms with E-state index in [9.17, 15) is 0 Å². The fourth-order valence-electron chi connectivity index (χ4n) is 0.843. The van der Waals surface area contributed by atoms with Gasteiger partial charge in [-0.05, 0) is 19.8 Å². The molecule has 0 bridgehead atoms. The van der Waals surface area contributed by atoms with Crippen LogP contribution in [-0.2, 0) is 0 Å². The molecule has 0 aliphatic carbocycles. The molecule has 4 nitrogen and oxygen atoms in total. The van der Waals surface area contributed by atoms with Crippen molar-refractivity contribution in [3.63, 3.8) is 0 Å². The number of aliphatic hydroxyl groups is 1. The summed E-state index contributed by atoms with van der Waals surface area (Å²) < 4.78 is 0. The summed E-state index contributed by atoms with van der Waals surface area (Å²) >= 11 is 1.49. The highest BCUT2D eigenvalue weighted by atomic mass is 32.1. The molecule has 1 unspecified atom stereocenters. The van der Waals surface area contributed by atoms with Crippen LogP contribution in [0.4, 0.5) is 5.13 Å². The summed E-state index contributed by atoms with van der Waals surface area (Å²) in [6.07, 6.45) is 1.57. The molecule has 0 saturated carbocycles. The van der Waals surface area contributed by atoms with Gasteiger partial charge in [-0.3, -0.25) is 0 Å². The predicted octanol–water partition coefficient (Wildman–Crippen LogP) is 1.11. The van der Waals surface area contributed by atoms with E-state index in [1.54, 1.807) is 12.4 Å². The molecule has 1 aromatic rings. The van der Waals surface area contributed by atoms with Crippen molar-refractivity contribution in [3.8, 4) is 0 Å². The largest absolute Gasteiger partial charge is 0.393 e. The van der Waals surface area contributed by atoms with Crippen LogP contribution >= 0.6 is 11.3 Å². The maximum absolute atomic E-state index is 8.96. The molecule has 1 heterocycles. The van der Waals surface area contributed by atoms with Gasteiger partial charge in [0.2, 0.25) is 5.13 Å². The minimum atomic E-state index is -0.207. The third-order valence-corrected chi connectivity index (χ3v) is 2.08. The number of nitrogens with zero attached hydrogens (tertiary/aromatic N) is 2. The number of aromatic nitrogens is 2. The lowest BCUT2D eigenvalue weighted by molar-refractivity contribution is 0.183. The number of nitrogens with one attached hydrogen (secondary N) is 1. The van der Waals surface area contributed by atoms with Crippen molar-refractivity contribution in [1.82, 2.24) is 10.2 Å². The van der Waals surface area contributed by atoms with Gasteiger partial charge in [0.05, 0.1) is 6.10 Å². The highest BCUT2D eigenvalue weighted by Crippen LogP contribution is 2.07. The van der Waals surface area contributed by atoms with E-state index in [2.05, 4.69) is 15.5 Å². The zero-order valence-corrected chi connectivity index (χ0v) is 7.84. The first-order valence-electron chi connectivity index (χ1n) is 3.97. The van der Waals surface area contributed by atoms with Crippen molar-refractivity contribution in [2.75, 3.05) is 11.9 Å². The molecule has 0 radical (unpaired) electrons. The summed E-state index contributed by atoms with van der Waals surface area (Å²) in [5, 5.41) is 20.4. The first-order valence-corrected chi connectivity index (χ1v) is 4.85. The van der Waals surface area contributed by atoms with Crippen LogP contribution < -0.4 is 5.32 Å². The second-order valence-electron chi connectivity index (χ2n) is 2.66. The minimum Gasteiger partial charge on any atom is -0.393 e. The summed E-state index contributed by atoms with van der Waals surface area (Å²) in [5.41, 5.74) is 1.69. The summed E-state index contributed by atoms with van der Waals surface area (Å²) in [5.74, 6) is 0. The van der Waals surface area contributed by atoms with E-state index in [0.29, 0.717) is 0 Å². The molecule has 12 heavy (non-hydrogen) atoms. The van der Waals surface area contributed by atoms with Crippen LogP contribution in [-0.4, -0.2) is 28.0 Å². The third kappa shape index (κ3) is 3.64. The van der Waals surface area contributed by atoms with Gasteiger partial charge in [0.15, 0.2) is 0 Å². The van der Waals surface area contributed by atoms with Gasteiger partial charge >= 0.3 is 0 Å². The zero-order chi connectivity index (χ0) is 8.81. The Balaban J connectivity index is 2.04. The van der Waals surface area contributed by atoms with Crippen LogP contribution in [0.1, 0.15) is 19.8 Å². The first kappa shape index (κ1) is 9.41. The first-order chi connectivity index (χ1) is 5.79. The van der Waals surface area contributed by atoms with E-state index in [0.717, 1.165) is 24.5 Å². The fraction of sp³-hybridized carbons (Fsp3) is 0.714. The lowest BCUT2D eigenvalue weighted by Crippen LogP contribution is -2.06. The van der Waals surface area contributed by atoms with Gasteiger partial charge in [0.1, 0.15) is 5.51 Å². The predicted molar refractivity (Wildman–Crippen MR) is 49.3 cm³/mol. The Morgan fingerprint density at radius 2 is 2.58 bits per heavy atom. The number of hydrogen-bond donors (Lipinski definition) is 2. The molecule has 1 atom stereocenters. The SMILES string of the molecule is CC(O)CCCNc1nncs1. The van der Waals surface area contributed by atoms with Crippen LogP contribution in [0, 0.1) is 0 Å². The summed E-state index contributed by atoms with van der Waals surface area (Å²) in [6, 6.07) is 0. The zero-order valence-electron chi connectivity index (χ0n) is 7.03. The van der Waals surface area contributed by atoms with Crippen molar-refractivity contribution < 1.29 is 5.11 Å². The van der Waals surface area contributed by atoms with Gasteiger partial charge < -0.3 is 10.4 Å². The van der Waals surface area contributed by atoms with Crippen LogP contribution in [0.3, 0.4) is 0 Å². The molecule has 0 saturated heterocycles. The Morgan fingerprint density at radius 3 is 3.17 bits per heavy atom.